The van der Waals surface area contributed by atoms with Crippen molar-refractivity contribution in [1.82, 2.24) is 0 Å². The molecule has 0 atom stereocenters. The number of carbonyl (C=O) groups excluding carboxylic acids is 1. The molecular formula is C9H8BrFO. The van der Waals surface area contributed by atoms with Gasteiger partial charge in [-0.15, -0.1) is 0 Å². The molecule has 0 bridgehead atoms. The van der Waals surface area contributed by atoms with Crippen molar-refractivity contribution >= 4 is 22.2 Å². The number of hydrogen-bond donors (Lipinski definition) is 0. The van der Waals surface area contributed by atoms with E-state index in [-0.39, 0.29) is 5.82 Å². The summed E-state index contributed by atoms with van der Waals surface area (Å²) in [6, 6.07) is 4.64. The number of rotatable bonds is 3. The Morgan fingerprint density at radius 2 is 2.17 bits per heavy atom. The minimum atomic E-state index is -0.273. The molecular weight excluding hydrogens is 223 g/mol. The highest BCUT2D eigenvalue weighted by atomic mass is 79.9. The van der Waals surface area contributed by atoms with Crippen molar-refractivity contribution in [1.29, 1.82) is 0 Å². The van der Waals surface area contributed by atoms with Crippen LogP contribution in [0.4, 0.5) is 4.39 Å². The van der Waals surface area contributed by atoms with E-state index in [0.717, 1.165) is 11.8 Å². The molecule has 0 unspecified atom stereocenters. The van der Waals surface area contributed by atoms with Crippen molar-refractivity contribution in [2.24, 2.45) is 0 Å². The largest absolute Gasteiger partial charge is 0.303 e. The molecule has 0 aliphatic rings. The van der Waals surface area contributed by atoms with E-state index in [0.29, 0.717) is 17.3 Å². The van der Waals surface area contributed by atoms with Crippen molar-refractivity contribution in [3.63, 3.8) is 0 Å². The highest BCUT2D eigenvalue weighted by Crippen LogP contribution is 2.15. The summed E-state index contributed by atoms with van der Waals surface area (Å²) in [4.78, 5) is 10.0. The lowest BCUT2D eigenvalue weighted by Gasteiger charge is -1.98. The second-order valence-corrected chi connectivity index (χ2v) is 3.40. The van der Waals surface area contributed by atoms with Gasteiger partial charge in [0.1, 0.15) is 12.1 Å². The van der Waals surface area contributed by atoms with Gasteiger partial charge in [-0.3, -0.25) is 0 Å². The number of carbonyl (C=O) groups is 1. The monoisotopic (exact) mass is 230 g/mol. The third kappa shape index (κ3) is 2.74. The van der Waals surface area contributed by atoms with Crippen LogP contribution in [-0.2, 0) is 11.2 Å². The van der Waals surface area contributed by atoms with Gasteiger partial charge in [-0.1, -0.05) is 15.9 Å². The Hall–Kier alpha value is -0.700. The first kappa shape index (κ1) is 9.39. The minimum absolute atomic E-state index is 0.273. The fourth-order valence-electron chi connectivity index (χ4n) is 0.981. The van der Waals surface area contributed by atoms with Crippen LogP contribution in [-0.4, -0.2) is 6.29 Å². The summed E-state index contributed by atoms with van der Waals surface area (Å²) in [5.74, 6) is -0.273. The molecule has 0 radical (unpaired) electrons. The average Bonchev–Trinajstić information content (AvgIpc) is 1.99. The third-order valence-electron chi connectivity index (χ3n) is 1.47. The van der Waals surface area contributed by atoms with Gasteiger partial charge in [0.05, 0.1) is 0 Å². The van der Waals surface area contributed by atoms with E-state index in [1.165, 1.54) is 12.1 Å². The maximum atomic E-state index is 12.7. The van der Waals surface area contributed by atoms with Crippen molar-refractivity contribution in [3.8, 4) is 0 Å². The van der Waals surface area contributed by atoms with Crippen LogP contribution in [0.1, 0.15) is 12.0 Å². The van der Waals surface area contributed by atoms with E-state index in [4.69, 9.17) is 0 Å². The average molecular weight is 231 g/mol. The van der Waals surface area contributed by atoms with E-state index >= 15 is 0 Å². The summed E-state index contributed by atoms with van der Waals surface area (Å²) in [5.41, 5.74) is 0.842. The summed E-state index contributed by atoms with van der Waals surface area (Å²) in [5, 5.41) is 0. The molecule has 0 aliphatic heterocycles. The van der Waals surface area contributed by atoms with Crippen LogP contribution in [0, 0.1) is 5.82 Å². The molecule has 12 heavy (non-hydrogen) atoms. The first-order chi connectivity index (χ1) is 5.72. The highest BCUT2D eigenvalue weighted by Gasteiger charge is 1.97. The minimum Gasteiger partial charge on any atom is -0.303 e. The second kappa shape index (κ2) is 4.36. The van der Waals surface area contributed by atoms with Gasteiger partial charge < -0.3 is 4.79 Å². The quantitative estimate of drug-likeness (QED) is 0.731. The van der Waals surface area contributed by atoms with Crippen LogP contribution in [0.3, 0.4) is 0 Å². The molecule has 3 heteroatoms. The van der Waals surface area contributed by atoms with Gasteiger partial charge in [0.25, 0.3) is 0 Å². The van der Waals surface area contributed by atoms with E-state index in [1.54, 1.807) is 0 Å². The van der Waals surface area contributed by atoms with Crippen LogP contribution < -0.4 is 0 Å². The summed E-state index contributed by atoms with van der Waals surface area (Å²) in [6.07, 6.45) is 1.87. The summed E-state index contributed by atoms with van der Waals surface area (Å²) < 4.78 is 13.4. The zero-order valence-corrected chi connectivity index (χ0v) is 7.97. The van der Waals surface area contributed by atoms with E-state index in [9.17, 15) is 9.18 Å². The number of aldehydes is 1. The molecule has 0 fully saturated rings. The molecule has 0 N–H and O–H groups in total. The smallest absolute Gasteiger partial charge is 0.124 e. The Kier molecular flexibility index (Phi) is 3.41. The van der Waals surface area contributed by atoms with Crippen molar-refractivity contribution in [2.45, 2.75) is 12.8 Å². The summed E-state index contributed by atoms with van der Waals surface area (Å²) >= 11 is 3.18. The fourth-order valence-corrected chi connectivity index (χ4v) is 1.49. The van der Waals surface area contributed by atoms with Crippen LogP contribution in [0.15, 0.2) is 22.7 Å². The van der Waals surface area contributed by atoms with E-state index in [1.807, 2.05) is 6.07 Å². The van der Waals surface area contributed by atoms with Crippen LogP contribution in [0.25, 0.3) is 0 Å². The molecule has 1 nitrogen and oxygen atoms in total. The number of hydrogen-bond acceptors (Lipinski definition) is 1. The second-order valence-electron chi connectivity index (χ2n) is 2.48. The van der Waals surface area contributed by atoms with E-state index in [2.05, 4.69) is 15.9 Å². The number of halogens is 2. The Bertz CT molecular complexity index is 266. The topological polar surface area (TPSA) is 17.1 Å². The van der Waals surface area contributed by atoms with Crippen molar-refractivity contribution in [3.05, 3.63) is 34.1 Å². The summed E-state index contributed by atoms with van der Waals surface area (Å²) in [6.45, 7) is 0. The normalized spacial score (nSPS) is 9.83. The van der Waals surface area contributed by atoms with Crippen LogP contribution in [0.2, 0.25) is 0 Å². The molecule has 1 aromatic carbocycles. The lowest BCUT2D eigenvalue weighted by Crippen LogP contribution is -1.87. The zero-order chi connectivity index (χ0) is 8.97. The fraction of sp³-hybridized carbons (Fsp3) is 0.222. The summed E-state index contributed by atoms with van der Waals surface area (Å²) in [7, 11) is 0. The molecule has 0 heterocycles. The Morgan fingerprint density at radius 1 is 1.42 bits per heavy atom. The highest BCUT2D eigenvalue weighted by molar-refractivity contribution is 9.10. The van der Waals surface area contributed by atoms with Gasteiger partial charge in [-0.25, -0.2) is 4.39 Å². The van der Waals surface area contributed by atoms with Gasteiger partial charge in [-0.05, 0) is 30.2 Å². The molecule has 0 aromatic heterocycles. The molecule has 64 valence electrons. The first-order valence-electron chi connectivity index (χ1n) is 3.61. The van der Waals surface area contributed by atoms with Gasteiger partial charge in [0, 0.05) is 10.9 Å². The molecule has 0 aliphatic carbocycles. The van der Waals surface area contributed by atoms with E-state index < -0.39 is 0 Å². The lowest BCUT2D eigenvalue weighted by molar-refractivity contribution is -0.107. The predicted octanol–water partition coefficient (Wildman–Crippen LogP) is 2.72. The molecule has 0 amide bonds. The van der Waals surface area contributed by atoms with Crippen molar-refractivity contribution in [2.75, 3.05) is 0 Å². The maximum Gasteiger partial charge on any atom is 0.124 e. The molecule has 0 spiro atoms. The van der Waals surface area contributed by atoms with Gasteiger partial charge in [0.15, 0.2) is 0 Å². The standard InChI is InChI=1S/C9H8BrFO/c10-8-4-7(2-1-3-12)5-9(11)6-8/h3-6H,1-2H2. The molecule has 1 rings (SSSR count). The molecule has 0 saturated heterocycles. The lowest BCUT2D eigenvalue weighted by atomic mass is 10.1. The Morgan fingerprint density at radius 3 is 2.75 bits per heavy atom. The molecule has 0 saturated carbocycles. The first-order valence-corrected chi connectivity index (χ1v) is 4.40. The number of aryl methyl sites for hydroxylation is 1. The van der Waals surface area contributed by atoms with Crippen LogP contribution in [0.5, 0.6) is 0 Å². The Balaban J connectivity index is 2.78. The van der Waals surface area contributed by atoms with Gasteiger partial charge in [-0.2, -0.15) is 0 Å². The Labute approximate surface area is 78.7 Å². The van der Waals surface area contributed by atoms with Crippen LogP contribution >= 0.6 is 15.9 Å². The maximum absolute atomic E-state index is 12.7. The van der Waals surface area contributed by atoms with Gasteiger partial charge >= 0.3 is 0 Å². The number of benzene rings is 1. The third-order valence-corrected chi connectivity index (χ3v) is 1.93. The predicted molar refractivity (Wildman–Crippen MR) is 48.5 cm³/mol. The zero-order valence-electron chi connectivity index (χ0n) is 6.39. The molecule has 1 aromatic rings. The SMILES string of the molecule is O=CCCc1cc(F)cc(Br)c1. The van der Waals surface area contributed by atoms with Gasteiger partial charge in [0.2, 0.25) is 0 Å². The van der Waals surface area contributed by atoms with Crippen molar-refractivity contribution < 1.29 is 9.18 Å².